The lowest BCUT2D eigenvalue weighted by Crippen LogP contribution is -2.49. The normalized spacial score (nSPS) is 14.0. The number of anilines is 3. The highest BCUT2D eigenvalue weighted by atomic mass is 16.2. The third kappa shape index (κ3) is 4.40. The van der Waals surface area contributed by atoms with E-state index in [0.717, 1.165) is 30.9 Å². The van der Waals surface area contributed by atoms with Crippen LogP contribution in [0.3, 0.4) is 0 Å². The van der Waals surface area contributed by atoms with Crippen molar-refractivity contribution < 1.29 is 4.79 Å². The van der Waals surface area contributed by atoms with Gasteiger partial charge < -0.3 is 15.1 Å². The molecule has 0 aliphatic carbocycles. The predicted molar refractivity (Wildman–Crippen MR) is 118 cm³/mol. The van der Waals surface area contributed by atoms with Crippen molar-refractivity contribution >= 4 is 23.0 Å². The van der Waals surface area contributed by atoms with Crippen LogP contribution in [-0.4, -0.2) is 42.0 Å². The third-order valence-corrected chi connectivity index (χ3v) is 5.34. The highest BCUT2D eigenvalue weighted by Gasteiger charge is 2.23. The zero-order valence-corrected chi connectivity index (χ0v) is 16.7. The van der Waals surface area contributed by atoms with Crippen LogP contribution in [-0.2, 0) is 6.42 Å². The number of nitrogens with zero attached hydrogens (tertiary/aromatic N) is 3. The predicted octanol–water partition coefficient (Wildman–Crippen LogP) is 4.35. The number of para-hydroxylation sites is 2. The van der Waals surface area contributed by atoms with Gasteiger partial charge in [0.05, 0.1) is 0 Å². The molecular formula is C24H26N4O. The SMILES string of the molecule is CCc1ccccc1Nc1ccnc(C(=O)N2CCN(c3ccccc3)CC2)c1. The first-order valence-corrected chi connectivity index (χ1v) is 10.1. The van der Waals surface area contributed by atoms with Crippen LogP contribution in [0.5, 0.6) is 0 Å². The number of hydrogen-bond donors (Lipinski definition) is 1. The number of pyridine rings is 1. The molecule has 0 spiro atoms. The number of nitrogens with one attached hydrogen (secondary N) is 1. The van der Waals surface area contributed by atoms with Gasteiger partial charge in [0, 0.05) is 49.4 Å². The second kappa shape index (κ2) is 8.78. The van der Waals surface area contributed by atoms with Gasteiger partial charge in [0.1, 0.15) is 5.69 Å². The van der Waals surface area contributed by atoms with Gasteiger partial charge in [-0.25, -0.2) is 0 Å². The van der Waals surface area contributed by atoms with E-state index in [0.29, 0.717) is 18.8 Å². The quantitative estimate of drug-likeness (QED) is 0.708. The van der Waals surface area contributed by atoms with Crippen LogP contribution in [0.25, 0.3) is 0 Å². The Morgan fingerprint density at radius 1 is 0.966 bits per heavy atom. The van der Waals surface area contributed by atoms with Crippen molar-refractivity contribution in [2.45, 2.75) is 13.3 Å². The van der Waals surface area contributed by atoms with Gasteiger partial charge in [-0.05, 0) is 42.3 Å². The summed E-state index contributed by atoms with van der Waals surface area (Å²) in [5, 5.41) is 3.43. The van der Waals surface area contributed by atoms with E-state index >= 15 is 0 Å². The van der Waals surface area contributed by atoms with E-state index < -0.39 is 0 Å². The highest BCUT2D eigenvalue weighted by molar-refractivity contribution is 5.93. The minimum Gasteiger partial charge on any atom is -0.368 e. The average Bonchev–Trinajstić information content (AvgIpc) is 2.80. The number of benzene rings is 2. The van der Waals surface area contributed by atoms with Crippen LogP contribution in [0.4, 0.5) is 17.1 Å². The number of rotatable bonds is 5. The van der Waals surface area contributed by atoms with Crippen molar-refractivity contribution in [3.8, 4) is 0 Å². The Morgan fingerprint density at radius 2 is 1.69 bits per heavy atom. The fraction of sp³-hybridized carbons (Fsp3) is 0.250. The van der Waals surface area contributed by atoms with Gasteiger partial charge in [-0.15, -0.1) is 0 Å². The molecule has 2 aromatic carbocycles. The monoisotopic (exact) mass is 386 g/mol. The molecular weight excluding hydrogens is 360 g/mol. The Bertz CT molecular complexity index is 965. The summed E-state index contributed by atoms with van der Waals surface area (Å²) in [7, 11) is 0. The fourth-order valence-electron chi connectivity index (χ4n) is 3.70. The molecule has 29 heavy (non-hydrogen) atoms. The van der Waals surface area contributed by atoms with E-state index in [4.69, 9.17) is 0 Å². The molecule has 3 aromatic rings. The molecule has 1 aliphatic heterocycles. The van der Waals surface area contributed by atoms with Crippen molar-refractivity contribution in [1.29, 1.82) is 0 Å². The van der Waals surface area contributed by atoms with Crippen molar-refractivity contribution in [1.82, 2.24) is 9.88 Å². The van der Waals surface area contributed by atoms with Crippen molar-refractivity contribution in [3.05, 3.63) is 84.2 Å². The molecule has 1 N–H and O–H groups in total. The zero-order chi connectivity index (χ0) is 20.1. The van der Waals surface area contributed by atoms with Crippen LogP contribution in [0.15, 0.2) is 72.9 Å². The third-order valence-electron chi connectivity index (χ3n) is 5.34. The smallest absolute Gasteiger partial charge is 0.272 e. The minimum atomic E-state index is -0.00913. The Kier molecular flexibility index (Phi) is 5.75. The number of piperazine rings is 1. The number of amides is 1. The minimum absolute atomic E-state index is 0.00913. The van der Waals surface area contributed by atoms with E-state index in [2.05, 4.69) is 46.4 Å². The van der Waals surface area contributed by atoms with Crippen LogP contribution >= 0.6 is 0 Å². The first-order valence-electron chi connectivity index (χ1n) is 10.1. The van der Waals surface area contributed by atoms with Gasteiger partial charge >= 0.3 is 0 Å². The van der Waals surface area contributed by atoms with Gasteiger partial charge in [-0.1, -0.05) is 43.3 Å². The molecule has 4 rings (SSSR count). The first kappa shape index (κ1) is 19.0. The summed E-state index contributed by atoms with van der Waals surface area (Å²) in [6.45, 7) is 5.20. The summed E-state index contributed by atoms with van der Waals surface area (Å²) in [5.41, 5.74) is 4.88. The van der Waals surface area contributed by atoms with Gasteiger partial charge in [0.15, 0.2) is 0 Å². The number of aromatic nitrogens is 1. The van der Waals surface area contributed by atoms with Crippen LogP contribution in [0, 0.1) is 0 Å². The van der Waals surface area contributed by atoms with Gasteiger partial charge in [-0.3, -0.25) is 9.78 Å². The molecule has 0 saturated carbocycles. The molecule has 0 atom stereocenters. The molecule has 1 amide bonds. The number of carbonyl (C=O) groups is 1. The molecule has 148 valence electrons. The molecule has 2 heterocycles. The largest absolute Gasteiger partial charge is 0.368 e. The Balaban J connectivity index is 1.43. The standard InChI is InChI=1S/C24H26N4O/c1-2-19-8-6-7-11-22(19)26-20-12-13-25-23(18-20)24(29)28-16-14-27(15-17-28)21-9-4-3-5-10-21/h3-13,18H,2,14-17H2,1H3,(H,25,26). The maximum atomic E-state index is 13.0. The Morgan fingerprint density at radius 3 is 2.45 bits per heavy atom. The molecule has 5 heteroatoms. The lowest BCUT2D eigenvalue weighted by Gasteiger charge is -2.36. The zero-order valence-electron chi connectivity index (χ0n) is 16.7. The molecule has 0 radical (unpaired) electrons. The molecule has 0 unspecified atom stereocenters. The average molecular weight is 386 g/mol. The second-order valence-corrected chi connectivity index (χ2v) is 7.18. The van der Waals surface area contributed by atoms with E-state index in [-0.39, 0.29) is 5.91 Å². The van der Waals surface area contributed by atoms with Gasteiger partial charge in [0.25, 0.3) is 5.91 Å². The molecule has 1 saturated heterocycles. The fourth-order valence-corrected chi connectivity index (χ4v) is 3.70. The maximum Gasteiger partial charge on any atom is 0.272 e. The topological polar surface area (TPSA) is 48.5 Å². The summed E-state index contributed by atoms with van der Waals surface area (Å²) >= 11 is 0. The summed E-state index contributed by atoms with van der Waals surface area (Å²) < 4.78 is 0. The van der Waals surface area contributed by atoms with Gasteiger partial charge in [0.2, 0.25) is 0 Å². The summed E-state index contributed by atoms with van der Waals surface area (Å²) in [4.78, 5) is 21.5. The van der Waals surface area contributed by atoms with Crippen molar-refractivity contribution in [2.75, 3.05) is 36.4 Å². The van der Waals surface area contributed by atoms with E-state index in [1.165, 1.54) is 11.3 Å². The number of aryl methyl sites for hydroxylation is 1. The van der Waals surface area contributed by atoms with Crippen molar-refractivity contribution in [2.24, 2.45) is 0 Å². The maximum absolute atomic E-state index is 13.0. The summed E-state index contributed by atoms with van der Waals surface area (Å²) in [6, 6.07) is 22.3. The lowest BCUT2D eigenvalue weighted by molar-refractivity contribution is 0.0741. The second-order valence-electron chi connectivity index (χ2n) is 7.18. The van der Waals surface area contributed by atoms with Crippen LogP contribution < -0.4 is 10.2 Å². The molecule has 1 fully saturated rings. The Labute approximate surface area is 172 Å². The molecule has 0 bridgehead atoms. The van der Waals surface area contributed by atoms with E-state index in [1.807, 2.05) is 47.4 Å². The first-order chi connectivity index (χ1) is 14.2. The highest BCUT2D eigenvalue weighted by Crippen LogP contribution is 2.22. The van der Waals surface area contributed by atoms with Crippen LogP contribution in [0.2, 0.25) is 0 Å². The molecule has 1 aliphatic rings. The summed E-state index contributed by atoms with van der Waals surface area (Å²) in [5.74, 6) is -0.00913. The number of carbonyl (C=O) groups excluding carboxylic acids is 1. The van der Waals surface area contributed by atoms with Crippen LogP contribution in [0.1, 0.15) is 23.0 Å². The van der Waals surface area contributed by atoms with Crippen molar-refractivity contribution in [3.63, 3.8) is 0 Å². The van der Waals surface area contributed by atoms with Gasteiger partial charge in [-0.2, -0.15) is 0 Å². The number of hydrogen-bond acceptors (Lipinski definition) is 4. The lowest BCUT2D eigenvalue weighted by atomic mass is 10.1. The van der Waals surface area contributed by atoms with E-state index in [1.54, 1.807) is 6.20 Å². The molecule has 1 aromatic heterocycles. The summed E-state index contributed by atoms with van der Waals surface area (Å²) in [6.07, 6.45) is 2.65. The molecule has 5 nitrogen and oxygen atoms in total. The Hall–Kier alpha value is -3.34. The van der Waals surface area contributed by atoms with E-state index in [9.17, 15) is 4.79 Å².